The van der Waals surface area contributed by atoms with Gasteiger partial charge in [-0.3, -0.25) is 4.79 Å². The molecule has 0 heterocycles. The monoisotopic (exact) mass is 223 g/mol. The maximum atomic E-state index is 10.4. The highest BCUT2D eigenvalue weighted by Gasteiger charge is 1.95. The Balaban J connectivity index is 3.41. The third-order valence-corrected chi connectivity index (χ3v) is 1.88. The van der Waals surface area contributed by atoms with Crippen LogP contribution in [0.1, 0.15) is 26.2 Å². The molecule has 1 amide bonds. The van der Waals surface area contributed by atoms with Gasteiger partial charge in [0.2, 0.25) is 5.91 Å². The lowest BCUT2D eigenvalue weighted by Gasteiger charge is -2.02. The number of ether oxygens (including phenoxy) is 1. The fourth-order valence-corrected chi connectivity index (χ4v) is 1.02. The lowest BCUT2D eigenvalue weighted by atomic mass is 10.1. The second-order valence-electron chi connectivity index (χ2n) is 3.77. The minimum Gasteiger partial charge on any atom is -0.381 e. The van der Waals surface area contributed by atoms with E-state index in [0.717, 1.165) is 24.0 Å². The van der Waals surface area contributed by atoms with Gasteiger partial charge in [0.15, 0.2) is 0 Å². The van der Waals surface area contributed by atoms with E-state index in [9.17, 15) is 4.79 Å². The van der Waals surface area contributed by atoms with Crippen molar-refractivity contribution in [1.29, 1.82) is 0 Å². The van der Waals surface area contributed by atoms with Gasteiger partial charge < -0.3 is 10.5 Å². The van der Waals surface area contributed by atoms with E-state index in [-0.39, 0.29) is 12.3 Å². The third-order valence-electron chi connectivity index (χ3n) is 1.88. The summed E-state index contributed by atoms with van der Waals surface area (Å²) in [7, 11) is 0. The van der Waals surface area contributed by atoms with Crippen LogP contribution in [0.25, 0.3) is 0 Å². The van der Waals surface area contributed by atoms with E-state index in [0.29, 0.717) is 13.2 Å². The van der Waals surface area contributed by atoms with Crippen molar-refractivity contribution in [3.05, 3.63) is 36.5 Å². The van der Waals surface area contributed by atoms with Gasteiger partial charge in [0.1, 0.15) is 0 Å². The summed E-state index contributed by atoms with van der Waals surface area (Å²) in [6.45, 7) is 10.7. The van der Waals surface area contributed by atoms with Crippen molar-refractivity contribution in [3.8, 4) is 0 Å². The fourth-order valence-electron chi connectivity index (χ4n) is 1.02. The van der Waals surface area contributed by atoms with Crippen molar-refractivity contribution in [2.24, 2.45) is 5.73 Å². The van der Waals surface area contributed by atoms with E-state index < -0.39 is 0 Å². The summed E-state index contributed by atoms with van der Waals surface area (Å²) >= 11 is 0. The van der Waals surface area contributed by atoms with Gasteiger partial charge in [0, 0.05) is 13.0 Å². The van der Waals surface area contributed by atoms with E-state index in [4.69, 9.17) is 10.5 Å². The zero-order chi connectivity index (χ0) is 12.4. The minimum absolute atomic E-state index is 0.288. The molecule has 3 nitrogen and oxygen atoms in total. The molecular weight excluding hydrogens is 202 g/mol. The van der Waals surface area contributed by atoms with Crippen LogP contribution in [-0.2, 0) is 9.53 Å². The van der Waals surface area contributed by atoms with E-state index in [1.54, 1.807) is 0 Å². The largest absolute Gasteiger partial charge is 0.381 e. The Hall–Kier alpha value is -1.35. The molecule has 0 aliphatic carbocycles. The van der Waals surface area contributed by atoms with Gasteiger partial charge in [-0.25, -0.2) is 0 Å². The number of allylic oxidation sites excluding steroid dienone is 4. The molecule has 3 heteroatoms. The highest BCUT2D eigenvalue weighted by Crippen LogP contribution is 2.05. The summed E-state index contributed by atoms with van der Waals surface area (Å²) in [5.41, 5.74) is 7.04. The molecule has 0 bridgehead atoms. The molecule has 0 rings (SSSR count). The van der Waals surface area contributed by atoms with Crippen LogP contribution in [0.2, 0.25) is 0 Å². The molecule has 0 aromatic heterocycles. The highest BCUT2D eigenvalue weighted by molar-refractivity contribution is 5.73. The number of carbonyl (C=O) groups is 1. The first-order valence-electron chi connectivity index (χ1n) is 5.40. The summed E-state index contributed by atoms with van der Waals surface area (Å²) in [5, 5.41) is 0. The maximum Gasteiger partial charge on any atom is 0.219 e. The molecule has 0 aliphatic rings. The van der Waals surface area contributed by atoms with Gasteiger partial charge in [0.25, 0.3) is 0 Å². The van der Waals surface area contributed by atoms with Crippen molar-refractivity contribution < 1.29 is 9.53 Å². The van der Waals surface area contributed by atoms with E-state index in [1.807, 2.05) is 19.1 Å². The molecule has 0 aliphatic heterocycles. The van der Waals surface area contributed by atoms with Crippen LogP contribution in [-0.4, -0.2) is 19.1 Å². The first-order valence-corrected chi connectivity index (χ1v) is 5.40. The fraction of sp³-hybridized carbons (Fsp3) is 0.462. The van der Waals surface area contributed by atoms with Crippen molar-refractivity contribution in [2.45, 2.75) is 26.2 Å². The smallest absolute Gasteiger partial charge is 0.219 e. The number of hydrogen-bond donors (Lipinski definition) is 1. The molecule has 0 saturated heterocycles. The zero-order valence-electron chi connectivity index (χ0n) is 10.00. The Labute approximate surface area is 97.7 Å². The van der Waals surface area contributed by atoms with E-state index in [1.165, 1.54) is 0 Å². The molecular formula is C13H21NO2. The first-order chi connectivity index (χ1) is 7.52. The Morgan fingerprint density at radius 1 is 1.25 bits per heavy atom. The second-order valence-corrected chi connectivity index (χ2v) is 3.77. The predicted molar refractivity (Wildman–Crippen MR) is 67.0 cm³/mol. The molecule has 0 unspecified atom stereocenters. The summed E-state index contributed by atoms with van der Waals surface area (Å²) in [6, 6.07) is 0. The number of hydrogen-bond acceptors (Lipinski definition) is 2. The number of rotatable bonds is 9. The number of nitrogens with two attached hydrogens (primary N) is 1. The molecule has 90 valence electrons. The minimum atomic E-state index is -0.325. The summed E-state index contributed by atoms with van der Waals surface area (Å²) in [5.74, 6) is -0.325. The van der Waals surface area contributed by atoms with Crippen LogP contribution >= 0.6 is 0 Å². The first kappa shape index (κ1) is 14.6. The van der Waals surface area contributed by atoms with Crippen molar-refractivity contribution in [1.82, 2.24) is 0 Å². The molecule has 16 heavy (non-hydrogen) atoms. The average molecular weight is 223 g/mol. The van der Waals surface area contributed by atoms with Gasteiger partial charge in [0.05, 0.1) is 6.61 Å². The molecule has 0 aromatic carbocycles. The molecule has 0 aromatic rings. The molecule has 0 spiro atoms. The number of primary amides is 1. The average Bonchev–Trinajstić information content (AvgIpc) is 2.19. The van der Waals surface area contributed by atoms with E-state index >= 15 is 0 Å². The van der Waals surface area contributed by atoms with Crippen molar-refractivity contribution >= 4 is 5.91 Å². The van der Waals surface area contributed by atoms with Gasteiger partial charge in [-0.15, -0.1) is 0 Å². The SMILES string of the molecule is C=C(C)/C=C\C(=C)CCCOCCC(N)=O. The normalized spacial score (nSPS) is 10.6. The molecule has 0 saturated carbocycles. The topological polar surface area (TPSA) is 52.3 Å². The highest BCUT2D eigenvalue weighted by atomic mass is 16.5. The van der Waals surface area contributed by atoms with Crippen LogP contribution in [0.4, 0.5) is 0 Å². The van der Waals surface area contributed by atoms with Crippen LogP contribution in [0, 0.1) is 0 Å². The number of amides is 1. The molecule has 0 radical (unpaired) electrons. The summed E-state index contributed by atoms with van der Waals surface area (Å²) in [6.07, 6.45) is 5.98. The predicted octanol–water partition coefficient (Wildman–Crippen LogP) is 2.35. The van der Waals surface area contributed by atoms with Gasteiger partial charge in [-0.05, 0) is 19.8 Å². The second kappa shape index (κ2) is 8.92. The van der Waals surface area contributed by atoms with Crippen molar-refractivity contribution in [2.75, 3.05) is 13.2 Å². The standard InChI is InChI=1S/C13H21NO2/c1-11(2)6-7-12(3)5-4-9-16-10-8-13(14)15/h6-7H,1,3-5,8-10H2,2H3,(H2,14,15)/b7-6-. The van der Waals surface area contributed by atoms with Crippen molar-refractivity contribution in [3.63, 3.8) is 0 Å². The van der Waals surface area contributed by atoms with E-state index in [2.05, 4.69) is 13.2 Å². The van der Waals surface area contributed by atoms with Crippen LogP contribution in [0.5, 0.6) is 0 Å². The van der Waals surface area contributed by atoms with Gasteiger partial charge in [-0.1, -0.05) is 36.5 Å². The molecule has 0 atom stereocenters. The quantitative estimate of drug-likeness (QED) is 0.482. The third kappa shape index (κ3) is 10.7. The Kier molecular flexibility index (Phi) is 8.17. The Bertz CT molecular complexity index is 280. The van der Waals surface area contributed by atoms with Crippen LogP contribution < -0.4 is 5.73 Å². The Morgan fingerprint density at radius 3 is 2.50 bits per heavy atom. The Morgan fingerprint density at radius 2 is 1.94 bits per heavy atom. The lowest BCUT2D eigenvalue weighted by molar-refractivity contribution is -0.119. The molecule has 0 fully saturated rings. The number of carbonyl (C=O) groups excluding carboxylic acids is 1. The summed E-state index contributed by atoms with van der Waals surface area (Å²) in [4.78, 5) is 10.4. The lowest BCUT2D eigenvalue weighted by Crippen LogP contribution is -2.13. The zero-order valence-corrected chi connectivity index (χ0v) is 10.00. The maximum absolute atomic E-state index is 10.4. The van der Waals surface area contributed by atoms with Crippen LogP contribution in [0.15, 0.2) is 36.5 Å². The van der Waals surface area contributed by atoms with Crippen LogP contribution in [0.3, 0.4) is 0 Å². The summed E-state index contributed by atoms with van der Waals surface area (Å²) < 4.78 is 5.24. The van der Waals surface area contributed by atoms with Gasteiger partial charge >= 0.3 is 0 Å². The van der Waals surface area contributed by atoms with Gasteiger partial charge in [-0.2, -0.15) is 0 Å². The molecule has 2 N–H and O–H groups in total.